The molecule has 0 spiro atoms. The second-order valence-corrected chi connectivity index (χ2v) is 5.03. The molecule has 2 nitrogen and oxygen atoms in total. The molecule has 1 aliphatic heterocycles. The lowest BCUT2D eigenvalue weighted by atomic mass is 10.1. The molecule has 2 heterocycles. The van der Waals surface area contributed by atoms with Crippen molar-refractivity contribution in [3.05, 3.63) is 89.7 Å². The minimum atomic E-state index is -0.0152. The van der Waals surface area contributed by atoms with E-state index in [1.165, 1.54) is 22.5 Å². The summed E-state index contributed by atoms with van der Waals surface area (Å²) in [6, 6.07) is 23.0. The topological polar surface area (TPSA) is 14.2 Å². The molecule has 2 aromatic carbocycles. The maximum absolute atomic E-state index is 6.18. The molecule has 20 heavy (non-hydrogen) atoms. The van der Waals surface area contributed by atoms with Crippen molar-refractivity contribution in [3.63, 3.8) is 0 Å². The van der Waals surface area contributed by atoms with Crippen LogP contribution >= 0.6 is 0 Å². The highest BCUT2D eigenvalue weighted by Gasteiger charge is 2.23. The maximum Gasteiger partial charge on any atom is 0.123 e. The van der Waals surface area contributed by atoms with Gasteiger partial charge in [0.15, 0.2) is 0 Å². The number of benzene rings is 2. The maximum atomic E-state index is 6.18. The highest BCUT2D eigenvalue weighted by molar-refractivity contribution is 5.45. The van der Waals surface area contributed by atoms with Crippen molar-refractivity contribution in [1.82, 2.24) is 4.57 Å². The highest BCUT2D eigenvalue weighted by atomic mass is 16.5. The molecule has 2 heteroatoms. The monoisotopic (exact) mass is 261 g/mol. The van der Waals surface area contributed by atoms with Crippen molar-refractivity contribution in [2.45, 2.75) is 12.7 Å². The van der Waals surface area contributed by atoms with E-state index in [1.807, 2.05) is 6.07 Å². The van der Waals surface area contributed by atoms with Gasteiger partial charge >= 0.3 is 0 Å². The van der Waals surface area contributed by atoms with Gasteiger partial charge in [-0.1, -0.05) is 48.5 Å². The Bertz CT molecular complexity index is 730. The molecule has 98 valence electrons. The van der Waals surface area contributed by atoms with Gasteiger partial charge in [-0.15, -0.1) is 0 Å². The summed E-state index contributed by atoms with van der Waals surface area (Å²) in [5.41, 5.74) is 4.82. The number of nitrogens with zero attached hydrogens (tertiary/aromatic N) is 1. The number of hydrogen-bond donors (Lipinski definition) is 0. The fourth-order valence-corrected chi connectivity index (χ4v) is 2.85. The number of ether oxygens (including phenoxy) is 1. The van der Waals surface area contributed by atoms with E-state index in [2.05, 4.69) is 71.4 Å². The van der Waals surface area contributed by atoms with Crippen LogP contribution < -0.4 is 0 Å². The van der Waals surface area contributed by atoms with Crippen LogP contribution in [0.4, 0.5) is 0 Å². The van der Waals surface area contributed by atoms with Crippen molar-refractivity contribution in [1.29, 1.82) is 0 Å². The molecule has 0 radical (unpaired) electrons. The number of aromatic nitrogens is 1. The summed E-state index contributed by atoms with van der Waals surface area (Å²) in [7, 11) is 0. The van der Waals surface area contributed by atoms with E-state index in [9.17, 15) is 0 Å². The molecule has 1 aromatic heterocycles. The molecule has 0 bridgehead atoms. The normalized spacial score (nSPS) is 17.1. The van der Waals surface area contributed by atoms with E-state index in [-0.39, 0.29) is 6.10 Å². The van der Waals surface area contributed by atoms with E-state index < -0.39 is 0 Å². The highest BCUT2D eigenvalue weighted by Crippen LogP contribution is 2.33. The number of hydrogen-bond acceptors (Lipinski definition) is 1. The van der Waals surface area contributed by atoms with E-state index >= 15 is 0 Å². The predicted molar refractivity (Wildman–Crippen MR) is 78.8 cm³/mol. The summed E-state index contributed by atoms with van der Waals surface area (Å²) < 4.78 is 8.42. The van der Waals surface area contributed by atoms with Gasteiger partial charge in [-0.2, -0.15) is 0 Å². The van der Waals surface area contributed by atoms with Gasteiger partial charge in [0, 0.05) is 11.8 Å². The Hall–Kier alpha value is -2.32. The largest absolute Gasteiger partial charge is 0.362 e. The summed E-state index contributed by atoms with van der Waals surface area (Å²) in [5, 5.41) is 0. The zero-order chi connectivity index (χ0) is 13.4. The van der Waals surface area contributed by atoms with Crippen molar-refractivity contribution >= 4 is 0 Å². The molecule has 1 atom stereocenters. The van der Waals surface area contributed by atoms with Crippen LogP contribution in [-0.4, -0.2) is 4.57 Å². The van der Waals surface area contributed by atoms with Crippen LogP contribution in [0.1, 0.15) is 22.9 Å². The average molecular weight is 261 g/mol. The number of rotatable bonds is 1. The Morgan fingerprint density at radius 2 is 1.65 bits per heavy atom. The quantitative estimate of drug-likeness (QED) is 0.643. The zero-order valence-electron chi connectivity index (χ0n) is 11.1. The molecule has 0 unspecified atom stereocenters. The minimum Gasteiger partial charge on any atom is -0.362 e. The van der Waals surface area contributed by atoms with Gasteiger partial charge in [0.1, 0.15) is 6.10 Å². The van der Waals surface area contributed by atoms with E-state index in [0.29, 0.717) is 6.61 Å². The summed E-state index contributed by atoms with van der Waals surface area (Å²) in [5.74, 6) is 0. The van der Waals surface area contributed by atoms with Crippen molar-refractivity contribution in [2.75, 3.05) is 0 Å². The third-order valence-corrected chi connectivity index (χ3v) is 3.81. The number of fused-ring (bicyclic) bond motifs is 3. The summed E-state index contributed by atoms with van der Waals surface area (Å²) >= 11 is 0. The van der Waals surface area contributed by atoms with Gasteiger partial charge in [0.05, 0.1) is 18.0 Å². The minimum absolute atomic E-state index is 0.0152. The van der Waals surface area contributed by atoms with Crippen LogP contribution in [0.3, 0.4) is 0 Å². The Balaban J connectivity index is 1.88. The molecule has 0 saturated carbocycles. The predicted octanol–water partition coefficient (Wildman–Crippen LogP) is 4.10. The molecule has 0 aliphatic carbocycles. The second kappa shape index (κ2) is 4.66. The first-order valence-corrected chi connectivity index (χ1v) is 6.85. The van der Waals surface area contributed by atoms with Gasteiger partial charge in [-0.3, -0.25) is 0 Å². The first kappa shape index (κ1) is 11.5. The molecular weight excluding hydrogens is 246 g/mol. The van der Waals surface area contributed by atoms with E-state index in [0.717, 1.165) is 0 Å². The van der Waals surface area contributed by atoms with Crippen LogP contribution in [0.15, 0.2) is 72.9 Å². The lowest BCUT2D eigenvalue weighted by Gasteiger charge is -2.16. The first-order chi connectivity index (χ1) is 9.93. The summed E-state index contributed by atoms with van der Waals surface area (Å²) in [4.78, 5) is 0. The fraction of sp³-hybridized carbons (Fsp3) is 0.111. The van der Waals surface area contributed by atoms with Gasteiger partial charge < -0.3 is 9.30 Å². The molecule has 0 N–H and O–H groups in total. The van der Waals surface area contributed by atoms with Crippen LogP contribution in [-0.2, 0) is 11.3 Å². The van der Waals surface area contributed by atoms with Crippen LogP contribution in [0, 0.1) is 0 Å². The standard InChI is InChI=1S/C18H15NO/c1-2-7-14(8-3-1)18-17-11-6-12-19(17)16-10-5-4-9-15(16)13-20-18/h1-12,18H,13H2/t18-/m1/s1. The third-order valence-electron chi connectivity index (χ3n) is 3.81. The molecule has 0 amide bonds. The molecule has 3 aromatic rings. The van der Waals surface area contributed by atoms with Crippen LogP contribution in [0.25, 0.3) is 5.69 Å². The molecular formula is C18H15NO. The average Bonchev–Trinajstić information content (AvgIpc) is 2.93. The molecule has 0 saturated heterocycles. The Kier molecular flexibility index (Phi) is 2.68. The molecule has 1 aliphatic rings. The zero-order valence-corrected chi connectivity index (χ0v) is 11.1. The first-order valence-electron chi connectivity index (χ1n) is 6.85. The smallest absolute Gasteiger partial charge is 0.123 e. The van der Waals surface area contributed by atoms with Crippen LogP contribution in [0.5, 0.6) is 0 Å². The van der Waals surface area contributed by atoms with E-state index in [4.69, 9.17) is 4.74 Å². The third kappa shape index (κ3) is 1.77. The second-order valence-electron chi connectivity index (χ2n) is 5.03. The van der Waals surface area contributed by atoms with Gasteiger partial charge in [-0.05, 0) is 23.8 Å². The fourth-order valence-electron chi connectivity index (χ4n) is 2.85. The van der Waals surface area contributed by atoms with Gasteiger partial charge in [0.25, 0.3) is 0 Å². The van der Waals surface area contributed by atoms with Gasteiger partial charge in [0.2, 0.25) is 0 Å². The van der Waals surface area contributed by atoms with Crippen molar-refractivity contribution in [3.8, 4) is 5.69 Å². The summed E-state index contributed by atoms with van der Waals surface area (Å²) in [6.07, 6.45) is 2.09. The van der Waals surface area contributed by atoms with Crippen LogP contribution in [0.2, 0.25) is 0 Å². The Labute approximate surface area is 118 Å². The van der Waals surface area contributed by atoms with Gasteiger partial charge in [-0.25, -0.2) is 0 Å². The van der Waals surface area contributed by atoms with E-state index in [1.54, 1.807) is 0 Å². The number of para-hydroxylation sites is 1. The lowest BCUT2D eigenvalue weighted by Crippen LogP contribution is -2.07. The Morgan fingerprint density at radius 1 is 0.850 bits per heavy atom. The molecule has 4 rings (SSSR count). The van der Waals surface area contributed by atoms with Crippen molar-refractivity contribution < 1.29 is 4.74 Å². The Morgan fingerprint density at radius 3 is 2.55 bits per heavy atom. The summed E-state index contributed by atoms with van der Waals surface area (Å²) in [6.45, 7) is 0.636. The SMILES string of the molecule is c1ccc([C@H]2OCc3ccccc3-n3cccc32)cc1. The molecule has 0 fully saturated rings. The van der Waals surface area contributed by atoms with Crippen molar-refractivity contribution in [2.24, 2.45) is 0 Å². The lowest BCUT2D eigenvalue weighted by molar-refractivity contribution is 0.0671.